The van der Waals surface area contributed by atoms with Gasteiger partial charge in [0.25, 0.3) is 5.92 Å². The lowest BCUT2D eigenvalue weighted by Crippen LogP contribution is -2.49. The molecule has 1 heterocycles. The Bertz CT molecular complexity index is 231. The minimum Gasteiger partial charge on any atom is -0.480 e. The number of piperidine rings is 1. The van der Waals surface area contributed by atoms with Gasteiger partial charge < -0.3 is 10.4 Å². The number of carbonyl (C=O) groups is 1. The highest BCUT2D eigenvalue weighted by Gasteiger charge is 2.59. The molecule has 0 aromatic rings. The van der Waals surface area contributed by atoms with E-state index < -0.39 is 23.9 Å². The van der Waals surface area contributed by atoms with Gasteiger partial charge in [0.15, 0.2) is 0 Å². The van der Waals surface area contributed by atoms with Gasteiger partial charge in [-0.2, -0.15) is 0 Å². The van der Waals surface area contributed by atoms with Crippen LogP contribution in [0, 0.1) is 5.92 Å². The van der Waals surface area contributed by atoms with Crippen molar-refractivity contribution in [3.05, 3.63) is 0 Å². The van der Waals surface area contributed by atoms with E-state index in [9.17, 15) is 13.6 Å². The Kier molecular flexibility index (Phi) is 1.42. The standard InChI is InChI=1S/C7H9F2NO2/c8-7(9)2-3-1-4(7)5(10-3)6(11)12/h3-5,10H,1-2H2,(H,11,12)/t3-,4-,5-/m0/s1. The second kappa shape index (κ2) is 2.16. The normalized spacial score (nSPS) is 43.3. The first-order valence-corrected chi connectivity index (χ1v) is 3.87. The molecule has 0 spiro atoms. The van der Waals surface area contributed by atoms with Crippen LogP contribution < -0.4 is 5.32 Å². The van der Waals surface area contributed by atoms with Gasteiger partial charge in [0, 0.05) is 12.5 Å². The molecule has 5 heteroatoms. The van der Waals surface area contributed by atoms with E-state index in [0.717, 1.165) is 0 Å². The van der Waals surface area contributed by atoms with Crippen molar-refractivity contribution in [2.24, 2.45) is 5.92 Å². The summed E-state index contributed by atoms with van der Waals surface area (Å²) < 4.78 is 25.9. The van der Waals surface area contributed by atoms with Crippen molar-refractivity contribution < 1.29 is 18.7 Å². The highest BCUT2D eigenvalue weighted by atomic mass is 19.3. The largest absolute Gasteiger partial charge is 0.480 e. The first-order valence-electron chi connectivity index (χ1n) is 3.87. The summed E-state index contributed by atoms with van der Waals surface area (Å²) in [5.74, 6) is -4.94. The summed E-state index contributed by atoms with van der Waals surface area (Å²) in [6.45, 7) is 0. The van der Waals surface area contributed by atoms with Crippen molar-refractivity contribution in [1.29, 1.82) is 0 Å². The molecule has 0 amide bonds. The molecular weight excluding hydrogens is 168 g/mol. The van der Waals surface area contributed by atoms with E-state index in [-0.39, 0.29) is 12.5 Å². The highest BCUT2D eigenvalue weighted by molar-refractivity contribution is 5.75. The lowest BCUT2D eigenvalue weighted by Gasteiger charge is -2.27. The van der Waals surface area contributed by atoms with Gasteiger partial charge in [-0.15, -0.1) is 0 Å². The summed E-state index contributed by atoms with van der Waals surface area (Å²) in [5.41, 5.74) is 0. The summed E-state index contributed by atoms with van der Waals surface area (Å²) in [7, 11) is 0. The fourth-order valence-corrected chi connectivity index (χ4v) is 2.16. The van der Waals surface area contributed by atoms with Crippen molar-refractivity contribution >= 4 is 5.97 Å². The average molecular weight is 177 g/mol. The van der Waals surface area contributed by atoms with E-state index in [4.69, 9.17) is 5.11 Å². The van der Waals surface area contributed by atoms with Crippen LogP contribution in [0.15, 0.2) is 0 Å². The van der Waals surface area contributed by atoms with E-state index >= 15 is 0 Å². The second-order valence-electron chi connectivity index (χ2n) is 3.49. The molecule has 0 unspecified atom stereocenters. The lowest BCUT2D eigenvalue weighted by atomic mass is 9.96. The monoisotopic (exact) mass is 177 g/mol. The zero-order valence-electron chi connectivity index (χ0n) is 6.26. The van der Waals surface area contributed by atoms with Crippen molar-refractivity contribution in [3.8, 4) is 0 Å². The SMILES string of the molecule is O=C(O)[C@H]1N[C@H]2C[C@@H]1C(F)(F)C2. The molecule has 3 nitrogen and oxygen atoms in total. The molecule has 2 rings (SSSR count). The number of fused-ring (bicyclic) bond motifs is 2. The van der Waals surface area contributed by atoms with Gasteiger partial charge in [-0.25, -0.2) is 8.78 Å². The topological polar surface area (TPSA) is 49.3 Å². The molecule has 0 radical (unpaired) electrons. The molecule has 3 atom stereocenters. The molecule has 2 aliphatic rings. The Hall–Kier alpha value is -0.710. The predicted octanol–water partition coefficient (Wildman–Crippen LogP) is 0.457. The van der Waals surface area contributed by atoms with Crippen LogP contribution in [-0.2, 0) is 4.79 Å². The number of nitrogens with one attached hydrogen (secondary N) is 1. The first kappa shape index (κ1) is 7.91. The molecule has 2 bridgehead atoms. The van der Waals surface area contributed by atoms with Crippen molar-refractivity contribution in [2.75, 3.05) is 0 Å². The Morgan fingerprint density at radius 3 is 2.58 bits per heavy atom. The molecule has 1 saturated carbocycles. The van der Waals surface area contributed by atoms with Crippen LogP contribution in [-0.4, -0.2) is 29.1 Å². The quantitative estimate of drug-likeness (QED) is 0.611. The number of carboxylic acid groups (broad SMARTS) is 1. The zero-order valence-corrected chi connectivity index (χ0v) is 6.26. The maximum Gasteiger partial charge on any atom is 0.321 e. The molecule has 1 aliphatic heterocycles. The van der Waals surface area contributed by atoms with Crippen molar-refractivity contribution in [1.82, 2.24) is 5.32 Å². The van der Waals surface area contributed by atoms with Crippen LogP contribution in [0.2, 0.25) is 0 Å². The number of alkyl halides is 2. The summed E-state index contributed by atoms with van der Waals surface area (Å²) >= 11 is 0. The number of halogens is 2. The summed E-state index contributed by atoms with van der Waals surface area (Å²) in [4.78, 5) is 10.5. The Labute approximate surface area is 67.8 Å². The predicted molar refractivity (Wildman–Crippen MR) is 36.0 cm³/mol. The first-order chi connectivity index (χ1) is 5.50. The Balaban J connectivity index is 2.20. The molecule has 1 aliphatic carbocycles. The minimum atomic E-state index is -2.78. The number of hydrogen-bond acceptors (Lipinski definition) is 2. The van der Waals surface area contributed by atoms with E-state index in [2.05, 4.69) is 5.32 Å². The summed E-state index contributed by atoms with van der Waals surface area (Å²) in [6.07, 6.45) is 0.0887. The van der Waals surface area contributed by atoms with Crippen LogP contribution in [0.25, 0.3) is 0 Å². The van der Waals surface area contributed by atoms with Gasteiger partial charge >= 0.3 is 5.97 Å². The fourth-order valence-electron chi connectivity index (χ4n) is 2.16. The van der Waals surface area contributed by atoms with Gasteiger partial charge in [-0.3, -0.25) is 4.79 Å². The van der Waals surface area contributed by atoms with Crippen LogP contribution in [0.4, 0.5) is 8.78 Å². The third-order valence-electron chi connectivity index (χ3n) is 2.68. The van der Waals surface area contributed by atoms with Crippen molar-refractivity contribution in [3.63, 3.8) is 0 Å². The van der Waals surface area contributed by atoms with Crippen LogP contribution in [0.5, 0.6) is 0 Å². The average Bonchev–Trinajstić information content (AvgIpc) is 2.40. The summed E-state index contributed by atoms with van der Waals surface area (Å²) in [5, 5.41) is 11.2. The minimum absolute atomic E-state index is 0.207. The maximum absolute atomic E-state index is 12.9. The maximum atomic E-state index is 12.9. The molecule has 12 heavy (non-hydrogen) atoms. The fraction of sp³-hybridized carbons (Fsp3) is 0.857. The number of carboxylic acids is 1. The molecule has 2 N–H and O–H groups in total. The lowest BCUT2D eigenvalue weighted by molar-refractivity contribution is -0.147. The third kappa shape index (κ3) is 0.924. The number of aliphatic carboxylic acids is 1. The van der Waals surface area contributed by atoms with Crippen LogP contribution in [0.1, 0.15) is 12.8 Å². The van der Waals surface area contributed by atoms with Gasteiger partial charge in [-0.05, 0) is 6.42 Å². The Morgan fingerprint density at radius 1 is 1.58 bits per heavy atom. The molecule has 1 saturated heterocycles. The zero-order chi connectivity index (χ0) is 8.93. The van der Waals surface area contributed by atoms with Gasteiger partial charge in [0.2, 0.25) is 0 Å². The third-order valence-corrected chi connectivity index (χ3v) is 2.68. The summed E-state index contributed by atoms with van der Waals surface area (Å²) in [6, 6.07) is -1.34. The number of hydrogen-bond donors (Lipinski definition) is 2. The smallest absolute Gasteiger partial charge is 0.321 e. The van der Waals surface area contributed by atoms with Gasteiger partial charge in [0.1, 0.15) is 6.04 Å². The van der Waals surface area contributed by atoms with Crippen LogP contribution in [0.3, 0.4) is 0 Å². The Morgan fingerprint density at radius 2 is 2.25 bits per heavy atom. The van der Waals surface area contributed by atoms with Crippen molar-refractivity contribution in [2.45, 2.75) is 30.8 Å². The van der Waals surface area contributed by atoms with Gasteiger partial charge in [-0.1, -0.05) is 0 Å². The molecule has 0 aromatic heterocycles. The van der Waals surface area contributed by atoms with E-state index in [0.29, 0.717) is 6.42 Å². The van der Waals surface area contributed by atoms with Gasteiger partial charge in [0.05, 0.1) is 5.92 Å². The second-order valence-corrected chi connectivity index (χ2v) is 3.49. The molecular formula is C7H9F2NO2. The number of rotatable bonds is 1. The molecule has 0 aromatic carbocycles. The van der Waals surface area contributed by atoms with Crippen LogP contribution >= 0.6 is 0 Å². The molecule has 68 valence electrons. The van der Waals surface area contributed by atoms with E-state index in [1.54, 1.807) is 0 Å². The van der Waals surface area contributed by atoms with E-state index in [1.165, 1.54) is 0 Å². The van der Waals surface area contributed by atoms with E-state index in [1.807, 2.05) is 0 Å². The highest BCUT2D eigenvalue weighted by Crippen LogP contribution is 2.46. The molecule has 2 fully saturated rings.